The Morgan fingerprint density at radius 1 is 1.18 bits per heavy atom. The molecule has 13 heteroatoms. The second-order valence-electron chi connectivity index (χ2n) is 6.65. The quantitative estimate of drug-likeness (QED) is 0.249. The zero-order chi connectivity index (χ0) is 21.0. The third-order valence-electron chi connectivity index (χ3n) is 4.32. The molecule has 2 atom stereocenters. The average Bonchev–Trinajstić information content (AvgIpc) is 2.62. The summed E-state index contributed by atoms with van der Waals surface area (Å²) in [5.74, 6) is 0.467. The van der Waals surface area contributed by atoms with E-state index in [2.05, 4.69) is 5.09 Å². The molecule has 4 N–H and O–H groups in total. The zero-order valence-corrected chi connectivity index (χ0v) is 20.0. The summed E-state index contributed by atoms with van der Waals surface area (Å²) in [6.07, 6.45) is 7.26. The summed E-state index contributed by atoms with van der Waals surface area (Å²) in [7, 11) is -7.19. The highest BCUT2D eigenvalue weighted by atomic mass is 35.5. The molecule has 0 spiro atoms. The van der Waals surface area contributed by atoms with E-state index in [1.807, 2.05) is 0 Å². The van der Waals surface area contributed by atoms with Crippen molar-refractivity contribution in [1.82, 2.24) is 9.76 Å². The Kier molecular flexibility index (Phi) is 13.5. The van der Waals surface area contributed by atoms with E-state index in [1.54, 1.807) is 4.67 Å². The molecule has 0 aromatic heterocycles. The Labute approximate surface area is 182 Å². The van der Waals surface area contributed by atoms with Gasteiger partial charge in [0.15, 0.2) is 0 Å². The molecule has 0 bridgehead atoms. The van der Waals surface area contributed by atoms with Gasteiger partial charge in [-0.3, -0.25) is 9.12 Å². The van der Waals surface area contributed by atoms with Crippen LogP contribution in [0.25, 0.3) is 0 Å². The first kappa shape index (κ1) is 26.9. The number of hydrogen-bond acceptors (Lipinski definition) is 6. The van der Waals surface area contributed by atoms with Crippen LogP contribution < -0.4 is 10.8 Å². The highest BCUT2D eigenvalue weighted by molar-refractivity contribution is 8.01. The molecular formula is C15H32Cl2N3O5PS2. The summed E-state index contributed by atoms with van der Waals surface area (Å²) in [5, 5.41) is 2.71. The van der Waals surface area contributed by atoms with Crippen LogP contribution in [0.15, 0.2) is 0 Å². The highest BCUT2D eigenvalue weighted by Crippen LogP contribution is 2.50. The minimum absolute atomic E-state index is 0.209. The molecule has 1 aliphatic carbocycles. The van der Waals surface area contributed by atoms with E-state index in [-0.39, 0.29) is 16.9 Å². The summed E-state index contributed by atoms with van der Waals surface area (Å²) >= 11 is 12.7. The molecule has 28 heavy (non-hydrogen) atoms. The van der Waals surface area contributed by atoms with Gasteiger partial charge in [0.1, 0.15) is 0 Å². The van der Waals surface area contributed by atoms with Gasteiger partial charge in [0, 0.05) is 36.6 Å². The summed E-state index contributed by atoms with van der Waals surface area (Å²) in [6, 6.07) is 0.536. The lowest BCUT2D eigenvalue weighted by molar-refractivity contribution is 0.227. The van der Waals surface area contributed by atoms with E-state index < -0.39 is 17.8 Å². The maximum absolute atomic E-state index is 12.8. The van der Waals surface area contributed by atoms with Crippen LogP contribution in [0.5, 0.6) is 0 Å². The van der Waals surface area contributed by atoms with Crippen molar-refractivity contribution in [3.63, 3.8) is 0 Å². The molecule has 1 aliphatic heterocycles. The zero-order valence-electron chi connectivity index (χ0n) is 16.0. The standard InChI is InChI=1S/C9H19Cl2N2O5PS2.C6H13N/c10-2-4-13(5-3-11)19(14)12-9(1-6-18-19)20-7-8-21(15,16)17;7-6-4-2-1-3-5-6/h9H,1-8H2,(H,12,14)(H,15,16,17);6H,1-5,7H2/t9-,19+;/m1./s1. The van der Waals surface area contributed by atoms with Crippen molar-refractivity contribution in [2.24, 2.45) is 5.73 Å². The van der Waals surface area contributed by atoms with Gasteiger partial charge < -0.3 is 10.3 Å². The summed E-state index contributed by atoms with van der Waals surface area (Å²) in [5.41, 5.74) is 5.63. The van der Waals surface area contributed by atoms with Gasteiger partial charge in [-0.25, -0.2) is 9.76 Å². The van der Waals surface area contributed by atoms with Crippen molar-refractivity contribution in [3.05, 3.63) is 0 Å². The fourth-order valence-corrected chi connectivity index (χ4v) is 7.94. The van der Waals surface area contributed by atoms with E-state index in [0.29, 0.717) is 43.9 Å². The lowest BCUT2D eigenvalue weighted by atomic mass is 9.97. The second kappa shape index (κ2) is 14.1. The Morgan fingerprint density at radius 2 is 1.79 bits per heavy atom. The first-order chi connectivity index (χ1) is 13.2. The van der Waals surface area contributed by atoms with Gasteiger partial charge in [0.2, 0.25) is 0 Å². The van der Waals surface area contributed by atoms with Gasteiger partial charge >= 0.3 is 7.67 Å². The molecular weight excluding hydrogens is 468 g/mol. The number of halogens is 2. The van der Waals surface area contributed by atoms with Crippen molar-refractivity contribution in [1.29, 1.82) is 0 Å². The molecule has 2 fully saturated rings. The van der Waals surface area contributed by atoms with E-state index >= 15 is 0 Å². The van der Waals surface area contributed by atoms with Crippen LogP contribution in [0.3, 0.4) is 0 Å². The van der Waals surface area contributed by atoms with Gasteiger partial charge in [-0.15, -0.1) is 35.0 Å². The fraction of sp³-hybridized carbons (Fsp3) is 1.00. The monoisotopic (exact) mass is 499 g/mol. The van der Waals surface area contributed by atoms with Gasteiger partial charge in [0.25, 0.3) is 10.1 Å². The van der Waals surface area contributed by atoms with Crippen LogP contribution in [-0.4, -0.2) is 72.0 Å². The van der Waals surface area contributed by atoms with Crippen molar-refractivity contribution in [2.75, 3.05) is 43.0 Å². The number of alkyl halides is 2. The summed E-state index contributed by atoms with van der Waals surface area (Å²) in [4.78, 5) is 0. The molecule has 2 aliphatic rings. The fourth-order valence-electron chi connectivity index (χ4n) is 2.85. The minimum atomic E-state index is -3.98. The first-order valence-electron chi connectivity index (χ1n) is 9.42. The van der Waals surface area contributed by atoms with E-state index in [0.717, 1.165) is 0 Å². The number of nitrogens with zero attached hydrogens (tertiary/aromatic N) is 1. The van der Waals surface area contributed by atoms with Crippen molar-refractivity contribution < 1.29 is 22.1 Å². The Balaban J connectivity index is 0.000000467. The van der Waals surface area contributed by atoms with Crippen molar-refractivity contribution >= 4 is 52.8 Å². The smallest absolute Gasteiger partial charge is 0.328 e. The predicted octanol–water partition coefficient (Wildman–Crippen LogP) is 3.11. The molecule has 0 unspecified atom stereocenters. The van der Waals surface area contributed by atoms with E-state index in [9.17, 15) is 13.0 Å². The number of hydrogen-bond donors (Lipinski definition) is 3. The second-order valence-corrected chi connectivity index (χ2v) is 12.4. The van der Waals surface area contributed by atoms with Crippen molar-refractivity contribution in [2.45, 2.75) is 49.9 Å². The number of thioether (sulfide) groups is 1. The Hall–Kier alpha value is 0.910. The van der Waals surface area contributed by atoms with E-state index in [1.165, 1.54) is 43.9 Å². The molecule has 1 saturated heterocycles. The molecule has 1 heterocycles. The van der Waals surface area contributed by atoms with Crippen LogP contribution in [0.2, 0.25) is 0 Å². The highest BCUT2D eigenvalue weighted by Gasteiger charge is 2.37. The molecule has 1 saturated carbocycles. The summed E-state index contributed by atoms with van der Waals surface area (Å²) in [6.45, 7) is 1.05. The van der Waals surface area contributed by atoms with Crippen LogP contribution in [0, 0.1) is 0 Å². The van der Waals surface area contributed by atoms with Gasteiger partial charge in [0.05, 0.1) is 17.7 Å². The van der Waals surface area contributed by atoms with Crippen LogP contribution in [0.1, 0.15) is 38.5 Å². The minimum Gasteiger partial charge on any atom is -0.328 e. The number of nitrogens with one attached hydrogen (secondary N) is 1. The normalized spacial score (nSPS) is 26.7. The van der Waals surface area contributed by atoms with Gasteiger partial charge in [-0.05, 0) is 19.3 Å². The molecule has 0 radical (unpaired) electrons. The number of rotatable bonds is 9. The molecule has 0 aromatic rings. The lowest BCUT2D eigenvalue weighted by Crippen LogP contribution is -2.40. The Bertz CT molecular complexity index is 576. The molecule has 0 aromatic carbocycles. The first-order valence-corrected chi connectivity index (χ1v) is 14.7. The van der Waals surface area contributed by atoms with Crippen molar-refractivity contribution in [3.8, 4) is 0 Å². The number of nitrogens with two attached hydrogens (primary N) is 1. The van der Waals surface area contributed by atoms with Gasteiger partial charge in [-0.1, -0.05) is 19.3 Å². The van der Waals surface area contributed by atoms with Crippen LogP contribution in [-0.2, 0) is 19.2 Å². The molecule has 8 nitrogen and oxygen atoms in total. The predicted molar refractivity (Wildman–Crippen MR) is 118 cm³/mol. The molecule has 2 rings (SSSR count). The van der Waals surface area contributed by atoms with E-state index in [4.69, 9.17) is 38.0 Å². The van der Waals surface area contributed by atoms with Gasteiger partial charge in [-0.2, -0.15) is 8.42 Å². The molecule has 168 valence electrons. The topological polar surface area (TPSA) is 122 Å². The SMILES string of the molecule is NC1CCCCC1.O=[P@@]1(N(CCCl)CCCl)N[C@H](SCCS(=O)(=O)O)CCO1. The maximum Gasteiger partial charge on any atom is 0.344 e. The average molecular weight is 500 g/mol. The third-order valence-corrected chi connectivity index (χ3v) is 9.32. The maximum atomic E-state index is 12.8. The van der Waals surface area contributed by atoms with Crippen LogP contribution in [0.4, 0.5) is 0 Å². The third kappa shape index (κ3) is 11.3. The lowest BCUT2D eigenvalue weighted by Gasteiger charge is -2.36. The molecule has 0 amide bonds. The largest absolute Gasteiger partial charge is 0.344 e. The Morgan fingerprint density at radius 3 is 2.25 bits per heavy atom. The summed E-state index contributed by atoms with van der Waals surface area (Å²) < 4.78 is 49.8. The van der Waals surface area contributed by atoms with Crippen LogP contribution >= 0.6 is 42.6 Å².